The third kappa shape index (κ3) is 42.4. The van der Waals surface area contributed by atoms with E-state index in [-0.39, 0.29) is 23.4 Å². The van der Waals surface area contributed by atoms with Gasteiger partial charge in [0.05, 0.1) is 37.1 Å². The summed E-state index contributed by atoms with van der Waals surface area (Å²) in [5.74, 6) is 0. The zero-order valence-corrected chi connectivity index (χ0v) is 41.7. The first-order valence-corrected chi connectivity index (χ1v) is 26.5. The van der Waals surface area contributed by atoms with Crippen LogP contribution in [0.4, 0.5) is 4.79 Å². The number of alkyl carbamates (subject to hydrolysis) is 1. The highest BCUT2D eigenvalue weighted by molar-refractivity contribution is 5.67. The van der Waals surface area contributed by atoms with E-state index < -0.39 is 0 Å². The van der Waals surface area contributed by atoms with Crippen molar-refractivity contribution in [2.75, 3.05) is 46.7 Å². The summed E-state index contributed by atoms with van der Waals surface area (Å²) in [6.45, 7) is 16.5. The maximum atomic E-state index is 12.6. The third-order valence-corrected chi connectivity index (χ3v) is 12.8. The molecule has 0 fully saturated rings. The van der Waals surface area contributed by atoms with Crippen molar-refractivity contribution in [3.63, 3.8) is 0 Å². The minimum Gasteiger partial charge on any atom is -0.449 e. The Bertz CT molecular complexity index is 870. The molecule has 0 heterocycles. The smallest absolute Gasteiger partial charge is 0.407 e. The molecule has 0 bridgehead atoms. The van der Waals surface area contributed by atoms with Gasteiger partial charge in [0.1, 0.15) is 0 Å². The van der Waals surface area contributed by atoms with E-state index >= 15 is 0 Å². The molecular weight excluding hydrogens is 747 g/mol. The summed E-state index contributed by atoms with van der Waals surface area (Å²) < 4.78 is 29.8. The largest absolute Gasteiger partial charge is 0.449 e. The highest BCUT2D eigenvalue weighted by Gasteiger charge is 2.25. The quantitative estimate of drug-likeness (QED) is 0.0615. The van der Waals surface area contributed by atoms with Crippen molar-refractivity contribution < 1.29 is 28.5 Å². The lowest BCUT2D eigenvalue weighted by Crippen LogP contribution is -2.36. The SMILES string of the molecule is CCCCCCCCCCCCCCCCCCOCC(CCOC(=O)NCCC(C)(CC)OCCC(C)(C)OC)OCCCCCCCCCCCCCCCCCC. The van der Waals surface area contributed by atoms with E-state index in [9.17, 15) is 4.79 Å². The molecule has 0 aliphatic heterocycles. The van der Waals surface area contributed by atoms with E-state index in [1.165, 1.54) is 193 Å². The molecule has 7 heteroatoms. The van der Waals surface area contributed by atoms with Crippen LogP contribution in [-0.2, 0) is 23.7 Å². The molecule has 0 saturated heterocycles. The van der Waals surface area contributed by atoms with Gasteiger partial charge in [-0.1, -0.05) is 213 Å². The number of rotatable bonds is 49. The lowest BCUT2D eigenvalue weighted by molar-refractivity contribution is -0.0711. The van der Waals surface area contributed by atoms with Gasteiger partial charge in [-0.3, -0.25) is 0 Å². The predicted octanol–water partition coefficient (Wildman–Crippen LogP) is 16.4. The molecular formula is C53H107NO6. The summed E-state index contributed by atoms with van der Waals surface area (Å²) in [4.78, 5) is 12.6. The van der Waals surface area contributed by atoms with Crippen LogP contribution in [-0.4, -0.2) is 70.1 Å². The Balaban J connectivity index is 4.29. The number of methoxy groups -OCH3 is 1. The van der Waals surface area contributed by atoms with E-state index in [0.29, 0.717) is 32.8 Å². The van der Waals surface area contributed by atoms with Crippen LogP contribution >= 0.6 is 0 Å². The lowest BCUT2D eigenvalue weighted by Gasteiger charge is -2.31. The molecule has 1 amide bonds. The minimum atomic E-state index is -0.375. The highest BCUT2D eigenvalue weighted by atomic mass is 16.6. The number of amides is 1. The first-order chi connectivity index (χ1) is 29.2. The van der Waals surface area contributed by atoms with Crippen molar-refractivity contribution >= 4 is 6.09 Å². The molecule has 0 rings (SSSR count). The molecule has 1 N–H and O–H groups in total. The second-order valence-electron chi connectivity index (χ2n) is 19.1. The maximum Gasteiger partial charge on any atom is 0.407 e. The zero-order chi connectivity index (χ0) is 44.1. The molecule has 60 heavy (non-hydrogen) atoms. The average Bonchev–Trinajstić information content (AvgIpc) is 3.24. The maximum absolute atomic E-state index is 12.6. The number of unbranched alkanes of at least 4 members (excludes halogenated alkanes) is 30. The summed E-state index contributed by atoms with van der Waals surface area (Å²) in [6.07, 6.45) is 46.4. The van der Waals surface area contributed by atoms with Crippen LogP contribution in [0.3, 0.4) is 0 Å². The normalized spacial score (nSPS) is 13.4. The Morgan fingerprint density at radius 2 is 0.900 bits per heavy atom. The van der Waals surface area contributed by atoms with Crippen molar-refractivity contribution in [3.8, 4) is 0 Å². The van der Waals surface area contributed by atoms with Crippen LogP contribution in [0.5, 0.6) is 0 Å². The number of ether oxygens (including phenoxy) is 5. The van der Waals surface area contributed by atoms with Gasteiger partial charge in [-0.2, -0.15) is 0 Å². The van der Waals surface area contributed by atoms with Crippen LogP contribution in [0, 0.1) is 0 Å². The Kier molecular flexibility index (Phi) is 44.0. The van der Waals surface area contributed by atoms with Crippen LogP contribution in [0.25, 0.3) is 0 Å². The molecule has 360 valence electrons. The first kappa shape index (κ1) is 59.1. The van der Waals surface area contributed by atoms with Crippen LogP contribution < -0.4 is 5.32 Å². The number of carbonyl (C=O) groups is 1. The Hall–Kier alpha value is -0.890. The molecule has 0 spiro atoms. The van der Waals surface area contributed by atoms with E-state index in [4.69, 9.17) is 23.7 Å². The van der Waals surface area contributed by atoms with Gasteiger partial charge >= 0.3 is 6.09 Å². The highest BCUT2D eigenvalue weighted by Crippen LogP contribution is 2.22. The van der Waals surface area contributed by atoms with Gasteiger partial charge in [-0.05, 0) is 52.9 Å². The monoisotopic (exact) mass is 854 g/mol. The fourth-order valence-corrected chi connectivity index (χ4v) is 7.84. The van der Waals surface area contributed by atoms with Crippen LogP contribution in [0.1, 0.15) is 273 Å². The summed E-state index contributed by atoms with van der Waals surface area (Å²) in [5, 5.41) is 2.93. The molecule has 0 radical (unpaired) electrons. The van der Waals surface area contributed by atoms with Crippen molar-refractivity contribution in [2.24, 2.45) is 0 Å². The van der Waals surface area contributed by atoms with Gasteiger partial charge in [0, 0.05) is 33.3 Å². The Labute approximate surface area is 375 Å². The fourth-order valence-electron chi connectivity index (χ4n) is 7.84. The molecule has 2 unspecified atom stereocenters. The van der Waals surface area contributed by atoms with E-state index in [2.05, 4.69) is 46.9 Å². The van der Waals surface area contributed by atoms with E-state index in [1.54, 1.807) is 7.11 Å². The molecule has 0 aromatic carbocycles. The van der Waals surface area contributed by atoms with Crippen molar-refractivity contribution in [1.82, 2.24) is 5.32 Å². The van der Waals surface area contributed by atoms with Crippen molar-refractivity contribution in [1.29, 1.82) is 0 Å². The van der Waals surface area contributed by atoms with Crippen molar-refractivity contribution in [3.05, 3.63) is 0 Å². The molecule has 0 saturated carbocycles. The van der Waals surface area contributed by atoms with Gasteiger partial charge in [0.15, 0.2) is 0 Å². The summed E-state index contributed by atoms with van der Waals surface area (Å²) >= 11 is 0. The van der Waals surface area contributed by atoms with Gasteiger partial charge in [0.25, 0.3) is 0 Å². The van der Waals surface area contributed by atoms with Crippen molar-refractivity contribution in [2.45, 2.75) is 290 Å². The average molecular weight is 854 g/mol. The second-order valence-corrected chi connectivity index (χ2v) is 19.1. The Morgan fingerprint density at radius 3 is 1.30 bits per heavy atom. The second kappa shape index (κ2) is 44.7. The summed E-state index contributed by atoms with van der Waals surface area (Å²) in [7, 11) is 1.74. The first-order valence-electron chi connectivity index (χ1n) is 26.5. The molecule has 0 aromatic heterocycles. The van der Waals surface area contributed by atoms with Crippen LogP contribution in [0.2, 0.25) is 0 Å². The van der Waals surface area contributed by atoms with Crippen LogP contribution in [0.15, 0.2) is 0 Å². The lowest BCUT2D eigenvalue weighted by atomic mass is 9.98. The number of carbonyl (C=O) groups excluding carboxylic acids is 1. The van der Waals surface area contributed by atoms with Gasteiger partial charge < -0.3 is 29.0 Å². The van der Waals surface area contributed by atoms with E-state index in [0.717, 1.165) is 45.3 Å². The zero-order valence-electron chi connectivity index (χ0n) is 41.7. The molecule has 0 aromatic rings. The summed E-state index contributed by atoms with van der Waals surface area (Å²) in [5.41, 5.74) is -0.507. The topological polar surface area (TPSA) is 75.3 Å². The number of hydrogen-bond acceptors (Lipinski definition) is 6. The molecule has 2 atom stereocenters. The fraction of sp³-hybridized carbons (Fsp3) is 0.981. The number of nitrogens with one attached hydrogen (secondary N) is 1. The van der Waals surface area contributed by atoms with Gasteiger partial charge in [0.2, 0.25) is 0 Å². The van der Waals surface area contributed by atoms with Gasteiger partial charge in [-0.25, -0.2) is 4.79 Å². The molecule has 7 nitrogen and oxygen atoms in total. The standard InChI is InChI=1S/C53H107NO6/c1-8-11-13-15-17-19-21-23-25-27-29-31-33-35-37-39-45-57-49-50(58-46-40-38-36-34-32-30-28-26-24-22-20-18-16-14-12-9-2)41-47-59-51(55)54-44-42-53(6,10-3)60-48-43-52(4,5)56-7/h50H,8-49H2,1-7H3,(H,54,55). The number of hydrogen-bond donors (Lipinski definition) is 1. The minimum absolute atomic E-state index is 0.0525. The third-order valence-electron chi connectivity index (χ3n) is 12.8. The summed E-state index contributed by atoms with van der Waals surface area (Å²) in [6, 6.07) is 0. The Morgan fingerprint density at radius 1 is 0.500 bits per heavy atom. The van der Waals surface area contributed by atoms with Gasteiger partial charge in [-0.15, -0.1) is 0 Å². The predicted molar refractivity (Wildman–Crippen MR) is 259 cm³/mol. The molecule has 0 aliphatic carbocycles. The molecule has 0 aliphatic rings. The van der Waals surface area contributed by atoms with E-state index in [1.807, 2.05) is 0 Å².